The lowest BCUT2D eigenvalue weighted by atomic mass is 10.2. The van der Waals surface area contributed by atoms with Crippen LogP contribution in [0.15, 0.2) is 25.9 Å². The predicted molar refractivity (Wildman–Crippen MR) is 132 cm³/mol. The Kier molecular flexibility index (Phi) is 8.88. The first-order chi connectivity index (χ1) is 16.6. The number of morpholine rings is 1. The van der Waals surface area contributed by atoms with Crippen molar-refractivity contribution < 1.29 is 22.7 Å². The number of sulfonamides is 1. The molecule has 1 saturated heterocycles. The minimum atomic E-state index is -3.69. The molecule has 194 valence electrons. The molecule has 1 amide bonds. The second-order valence-corrected chi connectivity index (χ2v) is 11.8. The molecule has 0 spiro atoms. The fourth-order valence-corrected chi connectivity index (χ4v) is 6.59. The van der Waals surface area contributed by atoms with Crippen LogP contribution in [0.5, 0.6) is 0 Å². The Morgan fingerprint density at radius 3 is 2.60 bits per heavy atom. The summed E-state index contributed by atoms with van der Waals surface area (Å²) in [5.74, 6) is -0.528. The maximum Gasteiger partial charge on any atom is 0.330 e. The average Bonchev–Trinajstić information content (AvgIpc) is 3.28. The lowest BCUT2D eigenvalue weighted by Gasteiger charge is -2.25. The number of anilines is 2. The van der Waals surface area contributed by atoms with E-state index in [2.05, 4.69) is 4.98 Å². The summed E-state index contributed by atoms with van der Waals surface area (Å²) in [5.41, 5.74) is 4.63. The van der Waals surface area contributed by atoms with E-state index in [0.29, 0.717) is 18.1 Å². The summed E-state index contributed by atoms with van der Waals surface area (Å²) in [4.78, 5) is 42.2. The zero-order valence-corrected chi connectivity index (χ0v) is 21.6. The maximum atomic E-state index is 13.3. The monoisotopic (exact) mass is 529 g/mol. The molecule has 2 aromatic rings. The number of carbonyl (C=O) groups excluding carboxylic acids is 1. The second kappa shape index (κ2) is 11.5. The van der Waals surface area contributed by atoms with Crippen molar-refractivity contribution in [3.63, 3.8) is 0 Å². The van der Waals surface area contributed by atoms with Crippen LogP contribution in [0.2, 0.25) is 0 Å². The Bertz CT molecular complexity index is 1260. The molecular formula is C21H31N5O7S2. The molecule has 1 aliphatic rings. The number of rotatable bonds is 10. The highest BCUT2D eigenvalue weighted by atomic mass is 32.2. The van der Waals surface area contributed by atoms with Gasteiger partial charge in [0.2, 0.25) is 5.91 Å². The number of H-pyrrole nitrogens is 1. The summed E-state index contributed by atoms with van der Waals surface area (Å²) in [6.45, 7) is 5.39. The molecule has 35 heavy (non-hydrogen) atoms. The van der Waals surface area contributed by atoms with Crippen molar-refractivity contribution in [3.8, 4) is 0 Å². The molecule has 3 N–H and O–H groups in total. The zero-order valence-electron chi connectivity index (χ0n) is 20.0. The number of nitrogens with two attached hydrogens (primary N) is 1. The van der Waals surface area contributed by atoms with Crippen LogP contribution >= 0.6 is 11.3 Å². The quantitative estimate of drug-likeness (QED) is 0.438. The normalized spacial score (nSPS) is 15.0. The van der Waals surface area contributed by atoms with Gasteiger partial charge in [0.15, 0.2) is 5.69 Å². The van der Waals surface area contributed by atoms with Gasteiger partial charge in [-0.2, -0.15) is 4.31 Å². The first kappa shape index (κ1) is 27.1. The molecule has 0 aromatic carbocycles. The number of carbonyl (C=O) groups is 1. The van der Waals surface area contributed by atoms with Crippen LogP contribution in [0.25, 0.3) is 0 Å². The van der Waals surface area contributed by atoms with Gasteiger partial charge in [0.25, 0.3) is 15.6 Å². The van der Waals surface area contributed by atoms with Gasteiger partial charge >= 0.3 is 5.69 Å². The number of hydrogen-bond donors (Lipinski definition) is 2. The van der Waals surface area contributed by atoms with Gasteiger partial charge in [-0.05, 0) is 18.1 Å². The molecule has 3 heterocycles. The van der Waals surface area contributed by atoms with Gasteiger partial charge in [-0.15, -0.1) is 11.3 Å². The Morgan fingerprint density at radius 1 is 1.29 bits per heavy atom. The van der Waals surface area contributed by atoms with E-state index in [4.69, 9.17) is 15.2 Å². The smallest absolute Gasteiger partial charge is 0.330 e. The molecule has 3 rings (SSSR count). The molecule has 0 unspecified atom stereocenters. The topological polar surface area (TPSA) is 157 Å². The SMILES string of the molecule is COCCN(C(=O)Cc1ccc(S(=O)(=O)N2CCOCC2)s1)c1c(N)n(CC(C)C)c(=O)[nH]c1=O. The summed E-state index contributed by atoms with van der Waals surface area (Å²) < 4.78 is 38.9. The van der Waals surface area contributed by atoms with Crippen molar-refractivity contribution >= 4 is 38.8 Å². The molecule has 1 aliphatic heterocycles. The number of methoxy groups -OCH3 is 1. The fraction of sp³-hybridized carbons (Fsp3) is 0.571. The number of ether oxygens (including phenoxy) is 2. The summed E-state index contributed by atoms with van der Waals surface area (Å²) in [6, 6.07) is 3.05. The Hall–Kier alpha value is -2.52. The van der Waals surface area contributed by atoms with Gasteiger partial charge in [0.05, 0.1) is 26.2 Å². The van der Waals surface area contributed by atoms with E-state index in [1.807, 2.05) is 13.8 Å². The van der Waals surface area contributed by atoms with Crippen LogP contribution in [0.1, 0.15) is 18.7 Å². The standard InChI is InChI=1S/C21H31N5O7S2/c1-14(2)13-26-19(22)18(20(28)23-21(26)29)25(8-9-32-3)16(27)12-15-4-5-17(34-15)35(30,31)24-6-10-33-11-7-24/h4-5,14H,6-13,22H2,1-3H3,(H,23,28,29). The van der Waals surface area contributed by atoms with Crippen LogP contribution in [-0.2, 0) is 37.3 Å². The molecule has 1 fully saturated rings. The van der Waals surface area contributed by atoms with Gasteiger partial charge in [-0.3, -0.25) is 19.1 Å². The molecule has 12 nitrogen and oxygen atoms in total. The third kappa shape index (κ3) is 6.19. The van der Waals surface area contributed by atoms with Crippen LogP contribution in [-0.4, -0.2) is 74.7 Å². The summed E-state index contributed by atoms with van der Waals surface area (Å²) in [6.07, 6.45) is -0.158. The third-order valence-electron chi connectivity index (χ3n) is 5.38. The zero-order chi connectivity index (χ0) is 25.8. The molecule has 14 heteroatoms. The van der Waals surface area contributed by atoms with E-state index in [9.17, 15) is 22.8 Å². The van der Waals surface area contributed by atoms with Gasteiger partial charge < -0.3 is 20.1 Å². The highest BCUT2D eigenvalue weighted by molar-refractivity contribution is 7.91. The van der Waals surface area contributed by atoms with Crippen molar-refractivity contribution in [2.24, 2.45) is 5.92 Å². The van der Waals surface area contributed by atoms with E-state index in [1.165, 1.54) is 26.9 Å². The predicted octanol–water partition coefficient (Wildman–Crippen LogP) is 0.0793. The molecule has 0 radical (unpaired) electrons. The molecular weight excluding hydrogens is 498 g/mol. The van der Waals surface area contributed by atoms with Crippen molar-refractivity contribution in [2.75, 3.05) is 57.2 Å². The highest BCUT2D eigenvalue weighted by Gasteiger charge is 2.29. The first-order valence-corrected chi connectivity index (χ1v) is 13.4. The van der Waals surface area contributed by atoms with Crippen LogP contribution in [0, 0.1) is 5.92 Å². The average molecular weight is 530 g/mol. The van der Waals surface area contributed by atoms with Gasteiger partial charge in [-0.25, -0.2) is 13.2 Å². The minimum absolute atomic E-state index is 0.0206. The first-order valence-electron chi connectivity index (χ1n) is 11.1. The van der Waals surface area contributed by atoms with Gasteiger partial charge in [0.1, 0.15) is 10.0 Å². The minimum Gasteiger partial charge on any atom is -0.383 e. The fourth-order valence-electron chi connectivity index (χ4n) is 3.68. The van der Waals surface area contributed by atoms with Crippen LogP contribution < -0.4 is 21.9 Å². The number of nitrogens with one attached hydrogen (secondary N) is 1. The van der Waals surface area contributed by atoms with E-state index in [0.717, 1.165) is 11.3 Å². The van der Waals surface area contributed by atoms with Crippen molar-refractivity contribution in [3.05, 3.63) is 37.8 Å². The Balaban J connectivity index is 1.90. The lowest BCUT2D eigenvalue weighted by molar-refractivity contribution is -0.118. The Labute approximate surface area is 207 Å². The van der Waals surface area contributed by atoms with Crippen molar-refractivity contribution in [1.82, 2.24) is 13.9 Å². The molecule has 0 saturated carbocycles. The summed E-state index contributed by atoms with van der Waals surface area (Å²) in [5, 5.41) is 0. The van der Waals surface area contributed by atoms with Crippen LogP contribution in [0.4, 0.5) is 11.5 Å². The van der Waals surface area contributed by atoms with E-state index < -0.39 is 27.2 Å². The Morgan fingerprint density at radius 2 is 1.97 bits per heavy atom. The number of thiophene rings is 1. The van der Waals surface area contributed by atoms with Crippen molar-refractivity contribution in [2.45, 2.75) is 31.0 Å². The van der Waals surface area contributed by atoms with Gasteiger partial charge in [0, 0.05) is 38.2 Å². The largest absolute Gasteiger partial charge is 0.383 e. The number of nitrogens with zero attached hydrogens (tertiary/aromatic N) is 3. The number of nitrogen functional groups attached to an aromatic ring is 1. The summed E-state index contributed by atoms with van der Waals surface area (Å²) in [7, 11) is -2.23. The van der Waals surface area contributed by atoms with E-state index in [-0.39, 0.29) is 60.8 Å². The number of aromatic nitrogens is 2. The maximum absolute atomic E-state index is 13.3. The van der Waals surface area contributed by atoms with Crippen LogP contribution in [0.3, 0.4) is 0 Å². The van der Waals surface area contributed by atoms with Crippen molar-refractivity contribution in [1.29, 1.82) is 0 Å². The van der Waals surface area contributed by atoms with Gasteiger partial charge in [-0.1, -0.05) is 13.8 Å². The second-order valence-electron chi connectivity index (χ2n) is 8.45. The number of hydrogen-bond acceptors (Lipinski definition) is 9. The third-order valence-corrected chi connectivity index (χ3v) is 8.83. The molecule has 2 aromatic heterocycles. The molecule has 0 atom stereocenters. The van der Waals surface area contributed by atoms with E-state index >= 15 is 0 Å². The van der Waals surface area contributed by atoms with E-state index in [1.54, 1.807) is 6.07 Å². The highest BCUT2D eigenvalue weighted by Crippen LogP contribution is 2.27. The summed E-state index contributed by atoms with van der Waals surface area (Å²) >= 11 is 0.999. The number of aromatic amines is 1. The molecule has 0 aliphatic carbocycles. The number of amides is 1. The molecule has 0 bridgehead atoms. The lowest BCUT2D eigenvalue weighted by Crippen LogP contribution is -2.43.